The van der Waals surface area contributed by atoms with Gasteiger partial charge in [-0.2, -0.15) is 8.42 Å². The van der Waals surface area contributed by atoms with Crippen LogP contribution in [-0.2, 0) is 53.1 Å². The average molecular weight is 529 g/mol. The van der Waals surface area contributed by atoms with E-state index in [1.54, 1.807) is 0 Å². The highest BCUT2D eigenvalue weighted by Gasteiger charge is 2.49. The van der Waals surface area contributed by atoms with E-state index in [0.717, 1.165) is 22.9 Å². The number of hydrogen-bond donors (Lipinski definition) is 1. The molecule has 1 fully saturated rings. The molecule has 37 heavy (non-hydrogen) atoms. The van der Waals surface area contributed by atoms with E-state index in [-0.39, 0.29) is 26.4 Å². The second-order valence-corrected chi connectivity index (χ2v) is 10.5. The first kappa shape index (κ1) is 27.4. The molecule has 9 heteroatoms. The molecule has 0 amide bonds. The molecule has 0 aromatic heterocycles. The van der Waals surface area contributed by atoms with Crippen LogP contribution in [0.5, 0.6) is 0 Å². The van der Waals surface area contributed by atoms with Crippen LogP contribution >= 0.6 is 0 Å². The molecule has 3 aromatic rings. The summed E-state index contributed by atoms with van der Waals surface area (Å²) in [6.07, 6.45) is -4.44. The highest BCUT2D eigenvalue weighted by Crippen LogP contribution is 2.30. The summed E-state index contributed by atoms with van der Waals surface area (Å²) in [5.41, 5.74) is 2.70. The van der Waals surface area contributed by atoms with Crippen LogP contribution in [0.4, 0.5) is 0 Å². The Hall–Kier alpha value is -2.63. The molecule has 1 aliphatic rings. The molecule has 1 saturated heterocycles. The zero-order chi connectivity index (χ0) is 26.1. The third-order valence-corrected chi connectivity index (χ3v) is 6.43. The van der Waals surface area contributed by atoms with Gasteiger partial charge in [-0.05, 0) is 16.7 Å². The van der Waals surface area contributed by atoms with Crippen molar-refractivity contribution >= 4 is 10.1 Å². The first-order valence-electron chi connectivity index (χ1n) is 12.0. The van der Waals surface area contributed by atoms with Gasteiger partial charge in [-0.15, -0.1) is 0 Å². The van der Waals surface area contributed by atoms with Crippen molar-refractivity contribution in [1.82, 2.24) is 0 Å². The molecule has 1 aliphatic heterocycles. The van der Waals surface area contributed by atoms with Gasteiger partial charge >= 0.3 is 0 Å². The number of aliphatic hydroxyl groups is 1. The van der Waals surface area contributed by atoms with Gasteiger partial charge in [0.1, 0.15) is 24.4 Å². The van der Waals surface area contributed by atoms with Crippen LogP contribution in [0.15, 0.2) is 91.0 Å². The summed E-state index contributed by atoms with van der Waals surface area (Å²) in [7, 11) is -3.91. The van der Waals surface area contributed by atoms with Crippen molar-refractivity contribution in [3.8, 4) is 0 Å². The maximum Gasteiger partial charge on any atom is 0.264 e. The predicted molar refractivity (Wildman–Crippen MR) is 137 cm³/mol. The maximum absolute atomic E-state index is 12.3. The molecule has 0 spiro atoms. The fourth-order valence-electron chi connectivity index (χ4n) is 4.11. The molecular weight excluding hydrogens is 496 g/mol. The van der Waals surface area contributed by atoms with Crippen molar-refractivity contribution in [2.75, 3.05) is 12.9 Å². The van der Waals surface area contributed by atoms with Crippen LogP contribution in [0, 0.1) is 0 Å². The van der Waals surface area contributed by atoms with Gasteiger partial charge in [0.05, 0.1) is 32.7 Å². The first-order valence-corrected chi connectivity index (χ1v) is 13.9. The van der Waals surface area contributed by atoms with Crippen molar-refractivity contribution in [3.05, 3.63) is 108 Å². The smallest absolute Gasteiger partial charge is 0.264 e. The molecule has 0 saturated carbocycles. The molecule has 1 heterocycles. The topological polar surface area (TPSA) is 101 Å². The largest absolute Gasteiger partial charge is 0.374 e. The Labute approximate surface area is 217 Å². The fraction of sp³-hybridized carbons (Fsp3) is 0.357. The molecular formula is C28H32O8S. The minimum absolute atomic E-state index is 0.0251. The molecule has 0 unspecified atom stereocenters. The summed E-state index contributed by atoms with van der Waals surface area (Å²) < 4.78 is 53.8. The van der Waals surface area contributed by atoms with E-state index < -0.39 is 40.8 Å². The van der Waals surface area contributed by atoms with Crippen molar-refractivity contribution in [2.45, 2.75) is 50.5 Å². The maximum atomic E-state index is 12.3. The highest BCUT2D eigenvalue weighted by atomic mass is 32.2. The molecule has 1 N–H and O–H groups in total. The molecule has 0 aliphatic carbocycles. The Morgan fingerprint density at radius 2 is 1.16 bits per heavy atom. The van der Waals surface area contributed by atoms with Crippen molar-refractivity contribution in [1.29, 1.82) is 0 Å². The standard InChI is InChI=1S/C28H32O8S/c1-37(30,31)36-25-24(20-32-17-21-11-5-2-6-12-21)35-28(29)27(34-19-23-15-9-4-10-16-23)26(25)33-18-22-13-7-3-8-14-22/h2-16,24-29H,17-20H2,1H3/t24-,25+,26+,27-,28+/m1/s1. The monoisotopic (exact) mass is 528 g/mol. The van der Waals surface area contributed by atoms with E-state index in [9.17, 15) is 13.5 Å². The Kier molecular flexibility index (Phi) is 9.81. The highest BCUT2D eigenvalue weighted by molar-refractivity contribution is 7.86. The zero-order valence-corrected chi connectivity index (χ0v) is 21.4. The average Bonchev–Trinajstić information content (AvgIpc) is 2.89. The molecule has 198 valence electrons. The lowest BCUT2D eigenvalue weighted by molar-refractivity contribution is -0.304. The van der Waals surface area contributed by atoms with Crippen LogP contribution < -0.4 is 0 Å². The number of benzene rings is 3. The normalized spacial score (nSPS) is 24.1. The van der Waals surface area contributed by atoms with E-state index in [1.807, 2.05) is 91.0 Å². The molecule has 0 radical (unpaired) electrons. The van der Waals surface area contributed by atoms with Gasteiger partial charge in [0.25, 0.3) is 10.1 Å². The van der Waals surface area contributed by atoms with Crippen LogP contribution in [0.2, 0.25) is 0 Å². The predicted octanol–water partition coefficient (Wildman–Crippen LogP) is 3.44. The Balaban J connectivity index is 1.54. The molecule has 5 atom stereocenters. The van der Waals surface area contributed by atoms with Crippen LogP contribution in [0.1, 0.15) is 16.7 Å². The van der Waals surface area contributed by atoms with Crippen molar-refractivity contribution in [2.24, 2.45) is 0 Å². The third-order valence-electron chi connectivity index (χ3n) is 5.86. The molecule has 4 rings (SSSR count). The van der Waals surface area contributed by atoms with E-state index >= 15 is 0 Å². The van der Waals surface area contributed by atoms with Crippen LogP contribution in [0.25, 0.3) is 0 Å². The summed E-state index contributed by atoms with van der Waals surface area (Å²) >= 11 is 0. The summed E-state index contributed by atoms with van der Waals surface area (Å²) in [4.78, 5) is 0. The second-order valence-electron chi connectivity index (χ2n) is 8.85. The van der Waals surface area contributed by atoms with Gasteiger partial charge in [-0.3, -0.25) is 4.18 Å². The first-order chi connectivity index (χ1) is 17.9. The number of ether oxygens (including phenoxy) is 4. The Morgan fingerprint density at radius 3 is 1.65 bits per heavy atom. The lowest BCUT2D eigenvalue weighted by Crippen LogP contribution is -2.61. The van der Waals surface area contributed by atoms with Gasteiger partial charge in [0, 0.05) is 0 Å². The number of hydrogen-bond acceptors (Lipinski definition) is 8. The lowest BCUT2D eigenvalue weighted by Gasteiger charge is -2.43. The molecule has 8 nitrogen and oxygen atoms in total. The van der Waals surface area contributed by atoms with Crippen LogP contribution in [-0.4, -0.2) is 57.1 Å². The van der Waals surface area contributed by atoms with Gasteiger partial charge in [-0.1, -0.05) is 91.0 Å². The minimum atomic E-state index is -3.91. The minimum Gasteiger partial charge on any atom is -0.374 e. The summed E-state index contributed by atoms with van der Waals surface area (Å²) in [5.74, 6) is 0. The Bertz CT molecular complexity index is 1170. The lowest BCUT2D eigenvalue weighted by atomic mass is 9.98. The Morgan fingerprint density at radius 1 is 0.703 bits per heavy atom. The van der Waals surface area contributed by atoms with E-state index in [0.29, 0.717) is 0 Å². The van der Waals surface area contributed by atoms with Gasteiger partial charge in [-0.25, -0.2) is 0 Å². The van der Waals surface area contributed by atoms with Gasteiger partial charge < -0.3 is 24.1 Å². The molecule has 0 bridgehead atoms. The zero-order valence-electron chi connectivity index (χ0n) is 20.6. The SMILES string of the molecule is CS(=O)(=O)O[C@@H]1[C@H](OCc2ccccc2)[C@@H](OCc2ccccc2)[C@@H](O)O[C@@H]1COCc1ccccc1. The van der Waals surface area contributed by atoms with Gasteiger partial charge in [0.2, 0.25) is 0 Å². The summed E-state index contributed by atoms with van der Waals surface area (Å²) in [5, 5.41) is 10.9. The van der Waals surface area contributed by atoms with E-state index in [4.69, 9.17) is 23.1 Å². The second kappa shape index (κ2) is 13.3. The molecule has 3 aromatic carbocycles. The van der Waals surface area contributed by atoms with Crippen LogP contribution in [0.3, 0.4) is 0 Å². The van der Waals surface area contributed by atoms with E-state index in [2.05, 4.69) is 0 Å². The van der Waals surface area contributed by atoms with Gasteiger partial charge in [0.15, 0.2) is 6.29 Å². The number of aliphatic hydroxyl groups excluding tert-OH is 1. The van der Waals surface area contributed by atoms with Crippen molar-refractivity contribution in [3.63, 3.8) is 0 Å². The fourth-order valence-corrected chi connectivity index (χ4v) is 4.75. The van der Waals surface area contributed by atoms with E-state index in [1.165, 1.54) is 0 Å². The number of rotatable bonds is 12. The third kappa shape index (κ3) is 8.44. The quantitative estimate of drug-likeness (QED) is 0.357. The van der Waals surface area contributed by atoms with Crippen molar-refractivity contribution < 1.29 is 36.7 Å². The summed E-state index contributed by atoms with van der Waals surface area (Å²) in [6.45, 7) is 0.580. The summed E-state index contributed by atoms with van der Waals surface area (Å²) in [6, 6.07) is 28.4.